The van der Waals surface area contributed by atoms with Crippen LogP contribution < -0.4 is 10.1 Å². The summed E-state index contributed by atoms with van der Waals surface area (Å²) < 4.78 is 5.05. The molecule has 0 aliphatic carbocycles. The molecule has 0 radical (unpaired) electrons. The lowest BCUT2D eigenvalue weighted by Crippen LogP contribution is -2.12. The van der Waals surface area contributed by atoms with Gasteiger partial charge in [0.15, 0.2) is 0 Å². The Morgan fingerprint density at radius 2 is 2.37 bits per heavy atom. The van der Waals surface area contributed by atoms with Crippen molar-refractivity contribution in [2.45, 2.75) is 12.8 Å². The second-order valence-electron chi connectivity index (χ2n) is 3.82. The highest BCUT2D eigenvalue weighted by molar-refractivity contribution is 7.09. The minimum Gasteiger partial charge on any atom is -0.495 e. The molecule has 1 aromatic carbocycles. The molecule has 1 amide bonds. The Bertz CT molecular complexity index is 558. The highest BCUT2D eigenvalue weighted by atomic mass is 35.5. The number of amides is 1. The molecule has 2 rings (SSSR count). The van der Waals surface area contributed by atoms with Crippen molar-refractivity contribution in [3.8, 4) is 5.75 Å². The molecule has 100 valence electrons. The molecule has 0 saturated heterocycles. The second kappa shape index (κ2) is 6.54. The zero-order chi connectivity index (χ0) is 13.7. The summed E-state index contributed by atoms with van der Waals surface area (Å²) in [5, 5.41) is 6.13. The van der Waals surface area contributed by atoms with Gasteiger partial charge in [-0.05, 0) is 18.2 Å². The van der Waals surface area contributed by atoms with Crippen molar-refractivity contribution in [1.29, 1.82) is 0 Å². The SMILES string of the molecule is COc1ccc(NC(=O)CCc2nccs2)cc1Cl. The minimum absolute atomic E-state index is 0.0589. The van der Waals surface area contributed by atoms with E-state index in [1.165, 1.54) is 0 Å². The van der Waals surface area contributed by atoms with Crippen LogP contribution in [0.3, 0.4) is 0 Å². The predicted octanol–water partition coefficient (Wildman–Crippen LogP) is 3.38. The molecule has 1 heterocycles. The third kappa shape index (κ3) is 3.94. The van der Waals surface area contributed by atoms with Crippen LogP contribution in [0.15, 0.2) is 29.8 Å². The molecule has 0 bridgehead atoms. The molecule has 0 unspecified atom stereocenters. The first-order chi connectivity index (χ1) is 9.19. The number of aryl methyl sites for hydroxylation is 1. The van der Waals surface area contributed by atoms with Gasteiger partial charge in [0.2, 0.25) is 5.91 Å². The number of nitrogens with zero attached hydrogens (tertiary/aromatic N) is 1. The number of ether oxygens (including phenoxy) is 1. The van der Waals surface area contributed by atoms with Crippen LogP contribution in [0, 0.1) is 0 Å². The first-order valence-corrected chi connectivity index (χ1v) is 6.96. The number of rotatable bonds is 5. The zero-order valence-electron chi connectivity index (χ0n) is 10.4. The molecule has 0 aliphatic rings. The highest BCUT2D eigenvalue weighted by Gasteiger charge is 2.06. The molecule has 2 aromatic rings. The molecule has 0 atom stereocenters. The van der Waals surface area contributed by atoms with Crippen molar-refractivity contribution in [2.75, 3.05) is 12.4 Å². The van der Waals surface area contributed by atoms with Crippen LogP contribution in [-0.2, 0) is 11.2 Å². The van der Waals surface area contributed by atoms with Gasteiger partial charge < -0.3 is 10.1 Å². The summed E-state index contributed by atoms with van der Waals surface area (Å²) in [5.74, 6) is 0.527. The third-order valence-corrected chi connectivity index (χ3v) is 3.62. The molecule has 0 saturated carbocycles. The molecular weight excluding hydrogens is 284 g/mol. The van der Waals surface area contributed by atoms with Crippen molar-refractivity contribution in [2.24, 2.45) is 0 Å². The second-order valence-corrected chi connectivity index (χ2v) is 5.21. The van der Waals surface area contributed by atoms with E-state index in [4.69, 9.17) is 16.3 Å². The minimum atomic E-state index is -0.0589. The zero-order valence-corrected chi connectivity index (χ0v) is 11.9. The molecular formula is C13H13ClN2O2S. The Morgan fingerprint density at radius 1 is 1.53 bits per heavy atom. The molecule has 0 fully saturated rings. The molecule has 6 heteroatoms. The van der Waals surface area contributed by atoms with E-state index in [1.54, 1.807) is 42.8 Å². The lowest BCUT2D eigenvalue weighted by molar-refractivity contribution is -0.116. The van der Waals surface area contributed by atoms with Crippen molar-refractivity contribution in [1.82, 2.24) is 4.98 Å². The van der Waals surface area contributed by atoms with Gasteiger partial charge in [-0.1, -0.05) is 11.6 Å². The van der Waals surface area contributed by atoms with Crippen molar-refractivity contribution < 1.29 is 9.53 Å². The first-order valence-electron chi connectivity index (χ1n) is 5.71. The smallest absolute Gasteiger partial charge is 0.224 e. The lowest BCUT2D eigenvalue weighted by Gasteiger charge is -2.07. The average Bonchev–Trinajstić information content (AvgIpc) is 2.90. The number of nitrogens with one attached hydrogen (secondary N) is 1. The van der Waals surface area contributed by atoms with Crippen molar-refractivity contribution >= 4 is 34.5 Å². The largest absolute Gasteiger partial charge is 0.495 e. The standard InChI is InChI=1S/C13H13ClN2O2S/c1-18-11-3-2-9(8-10(11)14)16-12(17)4-5-13-15-6-7-19-13/h2-3,6-8H,4-5H2,1H3,(H,16,17). The van der Waals surface area contributed by atoms with Crippen molar-refractivity contribution in [3.63, 3.8) is 0 Å². The fourth-order valence-electron chi connectivity index (χ4n) is 1.56. The van der Waals surface area contributed by atoms with E-state index in [0.29, 0.717) is 29.3 Å². The topological polar surface area (TPSA) is 51.2 Å². The van der Waals surface area contributed by atoms with E-state index >= 15 is 0 Å². The number of halogens is 1. The van der Waals surface area contributed by atoms with Gasteiger partial charge in [-0.15, -0.1) is 11.3 Å². The van der Waals surface area contributed by atoms with E-state index in [-0.39, 0.29) is 5.91 Å². The summed E-state index contributed by atoms with van der Waals surface area (Å²) in [7, 11) is 1.55. The van der Waals surface area contributed by atoms with Gasteiger partial charge in [0.1, 0.15) is 5.75 Å². The number of aromatic nitrogens is 1. The highest BCUT2D eigenvalue weighted by Crippen LogP contribution is 2.27. The Morgan fingerprint density at radius 3 is 3.00 bits per heavy atom. The van der Waals surface area contributed by atoms with Crippen molar-refractivity contribution in [3.05, 3.63) is 39.8 Å². The van der Waals surface area contributed by atoms with E-state index < -0.39 is 0 Å². The van der Waals surface area contributed by atoms with Crippen LogP contribution >= 0.6 is 22.9 Å². The average molecular weight is 297 g/mol. The third-order valence-electron chi connectivity index (χ3n) is 2.48. The summed E-state index contributed by atoms with van der Waals surface area (Å²) in [5.41, 5.74) is 0.662. The van der Waals surface area contributed by atoms with Crippen LogP contribution in [0.1, 0.15) is 11.4 Å². The fourth-order valence-corrected chi connectivity index (χ4v) is 2.44. The Labute approximate surface area is 120 Å². The van der Waals surface area contributed by atoms with Crippen LogP contribution in [0.2, 0.25) is 5.02 Å². The first kappa shape index (κ1) is 13.8. The monoisotopic (exact) mass is 296 g/mol. The summed E-state index contributed by atoms with van der Waals surface area (Å²) in [4.78, 5) is 15.9. The summed E-state index contributed by atoms with van der Waals surface area (Å²) in [6, 6.07) is 5.15. The van der Waals surface area contributed by atoms with Gasteiger partial charge >= 0.3 is 0 Å². The number of carbonyl (C=O) groups is 1. The van der Waals surface area contributed by atoms with Gasteiger partial charge in [-0.2, -0.15) is 0 Å². The summed E-state index contributed by atoms with van der Waals surface area (Å²) in [6.07, 6.45) is 2.78. The molecule has 4 nitrogen and oxygen atoms in total. The van der Waals surface area contributed by atoms with E-state index in [2.05, 4.69) is 10.3 Å². The molecule has 1 N–H and O–H groups in total. The lowest BCUT2D eigenvalue weighted by atomic mass is 10.2. The van der Waals surface area contributed by atoms with Crippen LogP contribution in [0.5, 0.6) is 5.75 Å². The molecule has 0 spiro atoms. The van der Waals surface area contributed by atoms with E-state index in [0.717, 1.165) is 5.01 Å². The number of hydrogen-bond acceptors (Lipinski definition) is 4. The Balaban J connectivity index is 1.90. The maximum absolute atomic E-state index is 11.8. The molecule has 0 aliphatic heterocycles. The van der Waals surface area contributed by atoms with Gasteiger partial charge in [0, 0.05) is 30.1 Å². The van der Waals surface area contributed by atoms with Crippen LogP contribution in [0.4, 0.5) is 5.69 Å². The summed E-state index contributed by atoms with van der Waals surface area (Å²) >= 11 is 7.54. The maximum Gasteiger partial charge on any atom is 0.224 e. The summed E-state index contributed by atoms with van der Waals surface area (Å²) in [6.45, 7) is 0. The maximum atomic E-state index is 11.8. The van der Waals surface area contributed by atoms with Crippen LogP contribution in [0.25, 0.3) is 0 Å². The number of hydrogen-bond donors (Lipinski definition) is 1. The quantitative estimate of drug-likeness (QED) is 0.920. The Kier molecular flexibility index (Phi) is 4.76. The number of benzene rings is 1. The van der Waals surface area contributed by atoms with Crippen LogP contribution in [-0.4, -0.2) is 18.0 Å². The molecule has 19 heavy (non-hydrogen) atoms. The Hall–Kier alpha value is -1.59. The number of methoxy groups -OCH3 is 1. The van der Waals surface area contributed by atoms with E-state index in [1.807, 2.05) is 5.38 Å². The number of carbonyl (C=O) groups excluding carboxylic acids is 1. The van der Waals surface area contributed by atoms with Gasteiger partial charge in [-0.25, -0.2) is 4.98 Å². The predicted molar refractivity (Wildman–Crippen MR) is 77.1 cm³/mol. The van der Waals surface area contributed by atoms with Gasteiger partial charge in [0.25, 0.3) is 0 Å². The molecule has 1 aromatic heterocycles. The van der Waals surface area contributed by atoms with Gasteiger partial charge in [-0.3, -0.25) is 4.79 Å². The van der Waals surface area contributed by atoms with E-state index in [9.17, 15) is 4.79 Å². The fraction of sp³-hybridized carbons (Fsp3) is 0.231. The number of thiazole rings is 1. The normalized spacial score (nSPS) is 10.2. The van der Waals surface area contributed by atoms with Gasteiger partial charge in [0.05, 0.1) is 17.1 Å². The number of anilines is 1.